The molecule has 1 heterocycles. The van der Waals surface area contributed by atoms with Crippen molar-refractivity contribution in [3.8, 4) is 11.5 Å². The van der Waals surface area contributed by atoms with Crippen LogP contribution in [0.4, 0.5) is 0 Å². The molecule has 1 N–H and O–H groups in total. The summed E-state index contributed by atoms with van der Waals surface area (Å²) in [7, 11) is 1.54. The zero-order valence-electron chi connectivity index (χ0n) is 14.1. The minimum atomic E-state index is -1.07. The molecule has 0 spiro atoms. The lowest BCUT2D eigenvalue weighted by atomic mass is 10.1. The van der Waals surface area contributed by atoms with Crippen molar-refractivity contribution in [3.05, 3.63) is 28.7 Å². The Morgan fingerprint density at radius 3 is 2.68 bits per heavy atom. The predicted octanol–water partition coefficient (Wildman–Crippen LogP) is 3.16. The van der Waals surface area contributed by atoms with Crippen LogP contribution in [0.5, 0.6) is 11.5 Å². The van der Waals surface area contributed by atoms with Crippen LogP contribution in [0.15, 0.2) is 23.1 Å². The first-order chi connectivity index (χ1) is 11.9. The van der Waals surface area contributed by atoms with Crippen molar-refractivity contribution in [2.24, 2.45) is 0 Å². The number of rotatable bonds is 7. The number of ether oxygens (including phenoxy) is 2. The molecule has 1 aromatic carbocycles. The molecule has 2 rings (SSSR count). The Morgan fingerprint density at radius 2 is 2.12 bits per heavy atom. The lowest BCUT2D eigenvalue weighted by Crippen LogP contribution is -2.43. The average molecular weight is 381 g/mol. The molecule has 6 nitrogen and oxygen atoms in total. The number of carboxylic acids is 1. The van der Waals surface area contributed by atoms with Gasteiger partial charge in [0.05, 0.1) is 18.6 Å². The van der Waals surface area contributed by atoms with Crippen LogP contribution in [0, 0.1) is 0 Å². The number of carboxylic acid groups (broad SMARTS) is 1. The third kappa shape index (κ3) is 4.13. The Balaban J connectivity index is 2.31. The van der Waals surface area contributed by atoms with E-state index in [-0.39, 0.29) is 10.7 Å². The zero-order valence-corrected chi connectivity index (χ0v) is 15.8. The van der Waals surface area contributed by atoms with Gasteiger partial charge in [0.1, 0.15) is 10.4 Å². The number of amides is 1. The molecule has 1 saturated heterocycles. The van der Waals surface area contributed by atoms with Crippen LogP contribution in [0.2, 0.25) is 0 Å². The smallest absolute Gasteiger partial charge is 0.326 e. The van der Waals surface area contributed by atoms with Crippen molar-refractivity contribution in [1.82, 2.24) is 4.90 Å². The lowest BCUT2D eigenvalue weighted by Gasteiger charge is -2.21. The molecule has 0 radical (unpaired) electrons. The van der Waals surface area contributed by atoms with Gasteiger partial charge >= 0.3 is 5.97 Å². The molecule has 25 heavy (non-hydrogen) atoms. The van der Waals surface area contributed by atoms with Gasteiger partial charge in [-0.05, 0) is 37.1 Å². The van der Waals surface area contributed by atoms with E-state index in [1.165, 1.54) is 4.90 Å². The summed E-state index contributed by atoms with van der Waals surface area (Å²) in [5.74, 6) is -0.283. The molecule has 1 aliphatic rings. The number of methoxy groups -OCH3 is 1. The number of thiocarbonyl (C=S) groups is 1. The fourth-order valence-electron chi connectivity index (χ4n) is 2.42. The summed E-state index contributed by atoms with van der Waals surface area (Å²) >= 11 is 6.29. The highest BCUT2D eigenvalue weighted by molar-refractivity contribution is 8.26. The first-order valence-corrected chi connectivity index (χ1v) is 8.96. The second kappa shape index (κ2) is 8.35. The van der Waals surface area contributed by atoms with Crippen LogP contribution in [0.25, 0.3) is 6.08 Å². The van der Waals surface area contributed by atoms with Gasteiger partial charge in [-0.3, -0.25) is 9.69 Å². The van der Waals surface area contributed by atoms with E-state index in [0.29, 0.717) is 23.0 Å². The van der Waals surface area contributed by atoms with E-state index in [9.17, 15) is 14.7 Å². The van der Waals surface area contributed by atoms with E-state index in [2.05, 4.69) is 0 Å². The van der Waals surface area contributed by atoms with Gasteiger partial charge in [0, 0.05) is 0 Å². The molecule has 0 aliphatic carbocycles. The van der Waals surface area contributed by atoms with E-state index in [4.69, 9.17) is 21.7 Å². The van der Waals surface area contributed by atoms with E-state index in [1.54, 1.807) is 38.3 Å². The van der Waals surface area contributed by atoms with Crippen molar-refractivity contribution in [3.63, 3.8) is 0 Å². The van der Waals surface area contributed by atoms with Gasteiger partial charge in [-0.15, -0.1) is 0 Å². The van der Waals surface area contributed by atoms with Gasteiger partial charge in [0.25, 0.3) is 5.91 Å². The summed E-state index contributed by atoms with van der Waals surface area (Å²) in [4.78, 5) is 25.5. The summed E-state index contributed by atoms with van der Waals surface area (Å²) in [5.41, 5.74) is 0.740. The lowest BCUT2D eigenvalue weighted by molar-refractivity contribution is -0.145. The summed E-state index contributed by atoms with van der Waals surface area (Å²) in [6.45, 7) is 4.10. The van der Waals surface area contributed by atoms with E-state index < -0.39 is 17.9 Å². The number of thioether (sulfide) groups is 1. The molecule has 8 heteroatoms. The van der Waals surface area contributed by atoms with Crippen molar-refractivity contribution in [2.75, 3.05) is 13.7 Å². The number of carbonyl (C=O) groups is 2. The Morgan fingerprint density at radius 1 is 1.40 bits per heavy atom. The van der Waals surface area contributed by atoms with Crippen LogP contribution in [-0.4, -0.2) is 46.0 Å². The quantitative estimate of drug-likeness (QED) is 0.574. The van der Waals surface area contributed by atoms with Crippen LogP contribution in [0.1, 0.15) is 25.8 Å². The largest absolute Gasteiger partial charge is 0.493 e. The highest BCUT2D eigenvalue weighted by Gasteiger charge is 2.39. The maximum absolute atomic E-state index is 12.6. The topological polar surface area (TPSA) is 76.1 Å². The highest BCUT2D eigenvalue weighted by Crippen LogP contribution is 2.36. The summed E-state index contributed by atoms with van der Waals surface area (Å²) in [6.07, 6.45) is 1.96. The van der Waals surface area contributed by atoms with Crippen LogP contribution < -0.4 is 9.47 Å². The molecule has 1 fully saturated rings. The van der Waals surface area contributed by atoms with Gasteiger partial charge < -0.3 is 14.6 Å². The number of hydrogen-bond donors (Lipinski definition) is 1. The zero-order chi connectivity index (χ0) is 18.6. The van der Waals surface area contributed by atoms with Gasteiger partial charge in [0.15, 0.2) is 11.5 Å². The summed E-state index contributed by atoms with van der Waals surface area (Å²) in [5, 5.41) is 9.28. The van der Waals surface area contributed by atoms with Crippen LogP contribution >= 0.6 is 24.0 Å². The standard InChI is InChI=1S/C17H19NO5S2/c1-4-11(16(20)21)18-15(19)14(25-17(18)24)9-10-6-7-12(23-5-2)13(8-10)22-3/h6-9,11H,4-5H2,1-3H3,(H,20,21). The molecule has 1 atom stereocenters. The molecule has 1 unspecified atom stereocenters. The summed E-state index contributed by atoms with van der Waals surface area (Å²) in [6, 6.07) is 4.37. The van der Waals surface area contributed by atoms with Crippen molar-refractivity contribution in [2.45, 2.75) is 26.3 Å². The first kappa shape index (κ1) is 19.3. The molecule has 1 aliphatic heterocycles. The maximum atomic E-state index is 12.6. The van der Waals surface area contributed by atoms with Crippen LogP contribution in [0.3, 0.4) is 0 Å². The Hall–Kier alpha value is -2.06. The molecular weight excluding hydrogens is 362 g/mol. The average Bonchev–Trinajstić information content (AvgIpc) is 2.84. The van der Waals surface area contributed by atoms with Crippen molar-refractivity contribution >= 4 is 46.3 Å². The second-order valence-corrected chi connectivity index (χ2v) is 6.83. The minimum Gasteiger partial charge on any atom is -0.493 e. The third-order valence-electron chi connectivity index (χ3n) is 3.59. The van der Waals surface area contributed by atoms with Gasteiger partial charge in [0.2, 0.25) is 0 Å². The van der Waals surface area contributed by atoms with Gasteiger partial charge in [-0.25, -0.2) is 4.79 Å². The molecule has 1 aromatic rings. The molecule has 0 bridgehead atoms. The number of aliphatic carboxylic acids is 1. The number of nitrogens with zero attached hydrogens (tertiary/aromatic N) is 1. The Labute approximate surface area is 155 Å². The maximum Gasteiger partial charge on any atom is 0.326 e. The number of hydrogen-bond acceptors (Lipinski definition) is 6. The summed E-state index contributed by atoms with van der Waals surface area (Å²) < 4.78 is 11.0. The minimum absolute atomic E-state index is 0.253. The molecule has 134 valence electrons. The second-order valence-electron chi connectivity index (χ2n) is 5.16. The fraction of sp³-hybridized carbons (Fsp3) is 0.353. The molecule has 0 saturated carbocycles. The number of benzene rings is 1. The van der Waals surface area contributed by atoms with E-state index in [0.717, 1.165) is 17.3 Å². The van der Waals surface area contributed by atoms with E-state index in [1.807, 2.05) is 6.92 Å². The normalized spacial score (nSPS) is 17.1. The van der Waals surface area contributed by atoms with E-state index >= 15 is 0 Å². The third-order valence-corrected chi connectivity index (χ3v) is 4.92. The van der Waals surface area contributed by atoms with Crippen molar-refractivity contribution < 1.29 is 24.2 Å². The molecule has 1 amide bonds. The first-order valence-electron chi connectivity index (χ1n) is 7.73. The fourth-order valence-corrected chi connectivity index (χ4v) is 3.77. The highest BCUT2D eigenvalue weighted by atomic mass is 32.2. The molecular formula is C17H19NO5S2. The Kier molecular flexibility index (Phi) is 6.44. The van der Waals surface area contributed by atoms with Gasteiger partial charge in [-0.1, -0.05) is 37.0 Å². The van der Waals surface area contributed by atoms with Crippen LogP contribution in [-0.2, 0) is 9.59 Å². The van der Waals surface area contributed by atoms with Crippen molar-refractivity contribution in [1.29, 1.82) is 0 Å². The monoisotopic (exact) mass is 381 g/mol. The molecule has 0 aromatic heterocycles. The Bertz CT molecular complexity index is 732. The predicted molar refractivity (Wildman–Crippen MR) is 101 cm³/mol. The SMILES string of the molecule is CCOc1ccc(C=C2SC(=S)N(C(CC)C(=O)O)C2=O)cc1OC. The van der Waals surface area contributed by atoms with Gasteiger partial charge in [-0.2, -0.15) is 0 Å². The number of carbonyl (C=O) groups excluding carboxylic acids is 1.